The molecular weight excluding hydrogens is 437 g/mol. The lowest BCUT2D eigenvalue weighted by Gasteiger charge is -2.17. The zero-order valence-corrected chi connectivity index (χ0v) is 19.8. The highest BCUT2D eigenvalue weighted by molar-refractivity contribution is 7.11. The second kappa shape index (κ2) is 10.8. The number of hydrogen-bond donors (Lipinski definition) is 2. The molecule has 1 aliphatic rings. The molecular formula is C26H30FN3O2S. The maximum Gasteiger partial charge on any atom is 0.165 e. The zero-order valence-electron chi connectivity index (χ0n) is 18.9. The van der Waals surface area contributed by atoms with E-state index < -0.39 is 5.82 Å². The monoisotopic (exact) mass is 467 g/mol. The molecule has 0 bridgehead atoms. The van der Waals surface area contributed by atoms with Gasteiger partial charge in [0.2, 0.25) is 0 Å². The Labute approximate surface area is 198 Å². The van der Waals surface area contributed by atoms with Crippen molar-refractivity contribution in [2.24, 2.45) is 0 Å². The average molecular weight is 468 g/mol. The Morgan fingerprint density at radius 2 is 2.12 bits per heavy atom. The number of unbranched alkanes of at least 4 members (excludes halogenated alkanes) is 1. The molecule has 0 saturated heterocycles. The lowest BCUT2D eigenvalue weighted by atomic mass is 9.95. The molecule has 0 fully saturated rings. The Bertz CT molecular complexity index is 1110. The summed E-state index contributed by atoms with van der Waals surface area (Å²) in [6.45, 7) is 4.63. The lowest BCUT2D eigenvalue weighted by molar-refractivity contribution is 0.380. The molecule has 1 atom stereocenters. The number of allylic oxidation sites excluding steroid dienone is 1. The predicted molar refractivity (Wildman–Crippen MR) is 131 cm³/mol. The number of fused-ring (bicyclic) bond motifs is 1. The van der Waals surface area contributed by atoms with Gasteiger partial charge in [-0.05, 0) is 67.9 Å². The Hall–Kier alpha value is -2.93. The molecule has 0 amide bonds. The summed E-state index contributed by atoms with van der Waals surface area (Å²) in [5.74, 6) is 0.641. The number of aromatic nitrogens is 2. The van der Waals surface area contributed by atoms with Crippen LogP contribution in [0.15, 0.2) is 48.9 Å². The first-order valence-electron chi connectivity index (χ1n) is 11.4. The molecule has 1 unspecified atom stereocenters. The van der Waals surface area contributed by atoms with Gasteiger partial charge in [0.25, 0.3) is 0 Å². The highest BCUT2D eigenvalue weighted by Crippen LogP contribution is 2.35. The summed E-state index contributed by atoms with van der Waals surface area (Å²) < 4.78 is 19.3. The fourth-order valence-corrected chi connectivity index (χ4v) is 5.28. The number of aliphatic hydroxyl groups excluding tert-OH is 1. The number of halogens is 1. The number of thiazole rings is 1. The van der Waals surface area contributed by atoms with Crippen molar-refractivity contribution < 1.29 is 14.2 Å². The van der Waals surface area contributed by atoms with Gasteiger partial charge < -0.3 is 15.2 Å². The van der Waals surface area contributed by atoms with Crippen LogP contribution in [0.4, 0.5) is 10.2 Å². The normalized spacial score (nSPS) is 13.8. The summed E-state index contributed by atoms with van der Waals surface area (Å²) in [6, 6.07) is 9.23. The van der Waals surface area contributed by atoms with E-state index in [1.807, 2.05) is 12.3 Å². The van der Waals surface area contributed by atoms with Gasteiger partial charge in [-0.2, -0.15) is 0 Å². The Kier molecular flexibility index (Phi) is 7.60. The Balaban J connectivity index is 1.36. The second-order valence-electron chi connectivity index (χ2n) is 8.43. The number of hydrogen-bond acceptors (Lipinski definition) is 6. The first kappa shape index (κ1) is 23.2. The summed E-state index contributed by atoms with van der Waals surface area (Å²) in [5, 5.41) is 14.1. The van der Waals surface area contributed by atoms with Crippen molar-refractivity contribution in [1.29, 1.82) is 0 Å². The molecule has 3 aromatic rings. The summed E-state index contributed by atoms with van der Waals surface area (Å²) in [4.78, 5) is 10.6. The van der Waals surface area contributed by atoms with Gasteiger partial charge in [0.1, 0.15) is 10.8 Å². The van der Waals surface area contributed by atoms with Crippen molar-refractivity contribution in [3.05, 3.63) is 81.4 Å². The van der Waals surface area contributed by atoms with Crippen molar-refractivity contribution in [2.45, 2.75) is 50.9 Å². The zero-order chi connectivity index (χ0) is 23.2. The number of nitrogens with zero attached hydrogens (tertiary/aromatic N) is 2. The van der Waals surface area contributed by atoms with Crippen LogP contribution in [0.3, 0.4) is 0 Å². The van der Waals surface area contributed by atoms with E-state index in [1.54, 1.807) is 17.4 Å². The van der Waals surface area contributed by atoms with Gasteiger partial charge in [-0.3, -0.25) is 0 Å². The van der Waals surface area contributed by atoms with Gasteiger partial charge in [-0.15, -0.1) is 11.3 Å². The van der Waals surface area contributed by atoms with Crippen LogP contribution < -0.4 is 10.1 Å². The third-order valence-electron chi connectivity index (χ3n) is 5.95. The van der Waals surface area contributed by atoms with Gasteiger partial charge in [0, 0.05) is 35.7 Å². The SMILES string of the molecule is C=C(O)CC(c1ccc(OC)c(F)c1)c1ncc(CCCCc2ccc3c(n2)NCCC3)s1. The van der Waals surface area contributed by atoms with E-state index in [2.05, 4.69) is 29.0 Å². The van der Waals surface area contributed by atoms with E-state index >= 15 is 0 Å². The smallest absolute Gasteiger partial charge is 0.165 e. The Morgan fingerprint density at radius 3 is 2.91 bits per heavy atom. The van der Waals surface area contributed by atoms with Crippen LogP contribution >= 0.6 is 11.3 Å². The topological polar surface area (TPSA) is 67.3 Å². The van der Waals surface area contributed by atoms with Gasteiger partial charge in [0.05, 0.1) is 12.9 Å². The highest BCUT2D eigenvalue weighted by Gasteiger charge is 2.21. The molecule has 174 valence electrons. The Morgan fingerprint density at radius 1 is 1.27 bits per heavy atom. The third kappa shape index (κ3) is 5.90. The minimum absolute atomic E-state index is 0.0556. The first-order valence-corrected chi connectivity index (χ1v) is 12.2. The molecule has 1 aromatic carbocycles. The lowest BCUT2D eigenvalue weighted by Crippen LogP contribution is -2.14. The summed E-state index contributed by atoms with van der Waals surface area (Å²) in [6.07, 6.45) is 8.47. The molecule has 2 N–H and O–H groups in total. The number of anilines is 1. The van der Waals surface area contributed by atoms with Gasteiger partial charge >= 0.3 is 0 Å². The quantitative estimate of drug-likeness (QED) is 0.274. The van der Waals surface area contributed by atoms with Crippen LogP contribution in [0.25, 0.3) is 0 Å². The second-order valence-corrected chi connectivity index (χ2v) is 9.58. The number of nitrogens with one attached hydrogen (secondary N) is 1. The van der Waals surface area contributed by atoms with Crippen LogP contribution in [0.2, 0.25) is 0 Å². The predicted octanol–water partition coefficient (Wildman–Crippen LogP) is 6.20. The molecule has 4 rings (SSSR count). The number of benzene rings is 1. The molecule has 1 aliphatic heterocycles. The van der Waals surface area contributed by atoms with Crippen LogP contribution in [0.1, 0.15) is 58.3 Å². The van der Waals surface area contributed by atoms with E-state index in [0.717, 1.165) is 60.7 Å². The summed E-state index contributed by atoms with van der Waals surface area (Å²) in [5.41, 5.74) is 3.20. The maximum absolute atomic E-state index is 14.3. The van der Waals surface area contributed by atoms with Gasteiger partial charge in [0.15, 0.2) is 11.6 Å². The third-order valence-corrected chi connectivity index (χ3v) is 7.12. The molecule has 33 heavy (non-hydrogen) atoms. The molecule has 0 saturated carbocycles. The molecule has 7 heteroatoms. The van der Waals surface area contributed by atoms with E-state index in [9.17, 15) is 9.50 Å². The number of aryl methyl sites for hydroxylation is 3. The number of pyridine rings is 1. The molecule has 3 heterocycles. The van der Waals surface area contributed by atoms with Crippen molar-refractivity contribution in [3.8, 4) is 5.75 Å². The number of aliphatic hydroxyl groups is 1. The maximum atomic E-state index is 14.3. The fourth-order valence-electron chi connectivity index (χ4n) is 4.20. The standard InChI is InChI=1S/C26H30FN3O2S/c1-17(31)14-22(19-10-12-24(32-2)23(27)15-19)26-29-16-21(33-26)8-4-3-7-20-11-9-18-6-5-13-28-25(18)30-20/h9-12,15-16,22,31H,1,3-8,13-14H2,2H3,(H,28,30). The molecule has 0 spiro atoms. The molecule has 2 aromatic heterocycles. The molecule has 0 aliphatic carbocycles. The van der Waals surface area contributed by atoms with Crippen LogP contribution in [-0.4, -0.2) is 28.7 Å². The van der Waals surface area contributed by atoms with Crippen molar-refractivity contribution >= 4 is 17.2 Å². The fraction of sp³-hybridized carbons (Fsp3) is 0.385. The molecule has 0 radical (unpaired) electrons. The van der Waals surface area contributed by atoms with E-state index in [0.29, 0.717) is 6.42 Å². The summed E-state index contributed by atoms with van der Waals surface area (Å²) in [7, 11) is 1.44. The first-order chi connectivity index (χ1) is 16.0. The van der Waals surface area contributed by atoms with Gasteiger partial charge in [-0.1, -0.05) is 18.7 Å². The van der Waals surface area contributed by atoms with Crippen LogP contribution in [0.5, 0.6) is 5.75 Å². The van der Waals surface area contributed by atoms with E-state index in [1.165, 1.54) is 30.0 Å². The minimum atomic E-state index is -0.425. The van der Waals surface area contributed by atoms with Crippen molar-refractivity contribution in [3.63, 3.8) is 0 Å². The minimum Gasteiger partial charge on any atom is -0.513 e. The molecule has 5 nitrogen and oxygen atoms in total. The largest absolute Gasteiger partial charge is 0.513 e. The number of methoxy groups -OCH3 is 1. The highest BCUT2D eigenvalue weighted by atomic mass is 32.1. The van der Waals surface area contributed by atoms with E-state index in [-0.39, 0.29) is 17.4 Å². The number of rotatable bonds is 10. The van der Waals surface area contributed by atoms with Crippen molar-refractivity contribution in [1.82, 2.24) is 9.97 Å². The average Bonchev–Trinajstić information content (AvgIpc) is 3.28. The number of ether oxygens (including phenoxy) is 1. The van der Waals surface area contributed by atoms with Crippen LogP contribution in [0, 0.1) is 5.82 Å². The summed E-state index contributed by atoms with van der Waals surface area (Å²) >= 11 is 1.62. The van der Waals surface area contributed by atoms with Crippen molar-refractivity contribution in [2.75, 3.05) is 19.0 Å². The van der Waals surface area contributed by atoms with Gasteiger partial charge in [-0.25, -0.2) is 14.4 Å². The van der Waals surface area contributed by atoms with Crippen LogP contribution in [-0.2, 0) is 19.3 Å². The van der Waals surface area contributed by atoms with E-state index in [4.69, 9.17) is 9.72 Å².